The van der Waals surface area contributed by atoms with E-state index in [-0.39, 0.29) is 0 Å². The average Bonchev–Trinajstić information content (AvgIpc) is 2.60. The standard InChI is InChI=1S/C20H25N3O/c1-23(2)11-4-12-24-20-9-7-17(8-10-20)15-22-16-19-6-3-5-18(13-19)14-21/h3,5-10,13,22H,4,11-12,15-16H2,1-2H3. The smallest absolute Gasteiger partial charge is 0.119 e. The van der Waals surface area contributed by atoms with E-state index < -0.39 is 0 Å². The number of benzene rings is 2. The zero-order valence-corrected chi connectivity index (χ0v) is 14.5. The van der Waals surface area contributed by atoms with E-state index in [4.69, 9.17) is 10.00 Å². The molecule has 0 heterocycles. The lowest BCUT2D eigenvalue weighted by molar-refractivity contribution is 0.281. The molecular weight excluding hydrogens is 298 g/mol. The van der Waals surface area contributed by atoms with E-state index in [0.29, 0.717) is 5.56 Å². The summed E-state index contributed by atoms with van der Waals surface area (Å²) in [6, 6.07) is 18.0. The van der Waals surface area contributed by atoms with Crippen LogP contribution in [0.15, 0.2) is 48.5 Å². The molecular formula is C20H25N3O. The Labute approximate surface area is 144 Å². The third-order valence-electron chi connectivity index (χ3n) is 3.66. The number of rotatable bonds is 9. The van der Waals surface area contributed by atoms with Crippen molar-refractivity contribution in [2.45, 2.75) is 19.5 Å². The van der Waals surface area contributed by atoms with E-state index in [1.807, 2.05) is 36.4 Å². The van der Waals surface area contributed by atoms with Crippen LogP contribution in [0.25, 0.3) is 0 Å². The molecule has 0 spiro atoms. The third kappa shape index (κ3) is 6.41. The molecule has 0 aromatic heterocycles. The lowest BCUT2D eigenvalue weighted by atomic mass is 10.1. The number of hydrogen-bond donors (Lipinski definition) is 1. The maximum Gasteiger partial charge on any atom is 0.119 e. The van der Waals surface area contributed by atoms with Gasteiger partial charge in [-0.15, -0.1) is 0 Å². The molecule has 0 atom stereocenters. The van der Waals surface area contributed by atoms with Gasteiger partial charge in [0.05, 0.1) is 18.2 Å². The summed E-state index contributed by atoms with van der Waals surface area (Å²) in [5.41, 5.74) is 3.03. The van der Waals surface area contributed by atoms with Gasteiger partial charge in [-0.3, -0.25) is 0 Å². The molecule has 24 heavy (non-hydrogen) atoms. The maximum atomic E-state index is 8.91. The normalized spacial score (nSPS) is 10.6. The number of nitrogens with zero attached hydrogens (tertiary/aromatic N) is 2. The fraction of sp³-hybridized carbons (Fsp3) is 0.350. The van der Waals surface area contributed by atoms with Gasteiger partial charge in [0.2, 0.25) is 0 Å². The molecule has 0 fully saturated rings. The second-order valence-electron chi connectivity index (χ2n) is 6.06. The molecule has 0 amide bonds. The van der Waals surface area contributed by atoms with Gasteiger partial charge in [-0.05, 0) is 55.9 Å². The van der Waals surface area contributed by atoms with Crippen molar-refractivity contribution in [3.63, 3.8) is 0 Å². The minimum Gasteiger partial charge on any atom is -0.494 e. The Morgan fingerprint density at radius 2 is 1.79 bits per heavy atom. The first-order chi connectivity index (χ1) is 11.7. The lowest BCUT2D eigenvalue weighted by Gasteiger charge is -2.11. The molecule has 4 nitrogen and oxygen atoms in total. The molecule has 0 radical (unpaired) electrons. The summed E-state index contributed by atoms with van der Waals surface area (Å²) in [7, 11) is 4.14. The highest BCUT2D eigenvalue weighted by molar-refractivity contribution is 5.32. The SMILES string of the molecule is CN(C)CCCOc1ccc(CNCc2cccc(C#N)c2)cc1. The van der Waals surface area contributed by atoms with Crippen LogP contribution in [-0.4, -0.2) is 32.1 Å². The molecule has 2 aromatic rings. The van der Waals surface area contributed by atoms with Crippen LogP contribution in [0.3, 0.4) is 0 Å². The molecule has 4 heteroatoms. The number of ether oxygens (including phenoxy) is 1. The molecule has 2 aromatic carbocycles. The van der Waals surface area contributed by atoms with E-state index in [9.17, 15) is 0 Å². The average molecular weight is 323 g/mol. The van der Waals surface area contributed by atoms with Crippen molar-refractivity contribution in [3.8, 4) is 11.8 Å². The number of hydrogen-bond acceptors (Lipinski definition) is 4. The molecule has 0 bridgehead atoms. The fourth-order valence-corrected chi connectivity index (χ4v) is 2.38. The molecule has 0 aliphatic rings. The molecule has 0 saturated carbocycles. The first kappa shape index (κ1) is 18.0. The molecule has 0 aliphatic heterocycles. The van der Waals surface area contributed by atoms with Crippen molar-refractivity contribution >= 4 is 0 Å². The quantitative estimate of drug-likeness (QED) is 0.720. The van der Waals surface area contributed by atoms with Crippen molar-refractivity contribution in [1.82, 2.24) is 10.2 Å². The Bertz CT molecular complexity index is 659. The molecule has 2 rings (SSSR count). The first-order valence-corrected chi connectivity index (χ1v) is 8.23. The van der Waals surface area contributed by atoms with Gasteiger partial charge in [0.15, 0.2) is 0 Å². The van der Waals surface area contributed by atoms with Crippen LogP contribution in [0.1, 0.15) is 23.1 Å². The molecule has 1 N–H and O–H groups in total. The lowest BCUT2D eigenvalue weighted by Crippen LogP contribution is -2.15. The zero-order chi connectivity index (χ0) is 17.2. The summed E-state index contributed by atoms with van der Waals surface area (Å²) in [6.45, 7) is 3.32. The number of nitrogens with one attached hydrogen (secondary N) is 1. The van der Waals surface area contributed by atoms with Crippen molar-refractivity contribution in [2.24, 2.45) is 0 Å². The summed E-state index contributed by atoms with van der Waals surface area (Å²) in [5, 5.41) is 12.3. The minimum atomic E-state index is 0.699. The summed E-state index contributed by atoms with van der Waals surface area (Å²) < 4.78 is 5.73. The molecule has 0 saturated heterocycles. The van der Waals surface area contributed by atoms with Crippen LogP contribution in [0.2, 0.25) is 0 Å². The van der Waals surface area contributed by atoms with E-state index in [2.05, 4.69) is 42.5 Å². The van der Waals surface area contributed by atoms with Crippen molar-refractivity contribution in [3.05, 3.63) is 65.2 Å². The number of nitriles is 1. The van der Waals surface area contributed by atoms with Gasteiger partial charge in [0.1, 0.15) is 5.75 Å². The van der Waals surface area contributed by atoms with Crippen LogP contribution in [0.5, 0.6) is 5.75 Å². The van der Waals surface area contributed by atoms with Crippen LogP contribution < -0.4 is 10.1 Å². The fourth-order valence-electron chi connectivity index (χ4n) is 2.38. The second-order valence-corrected chi connectivity index (χ2v) is 6.06. The minimum absolute atomic E-state index is 0.699. The molecule has 126 valence electrons. The predicted octanol–water partition coefficient (Wildman–Crippen LogP) is 3.18. The van der Waals surface area contributed by atoms with E-state index in [1.54, 1.807) is 0 Å². The monoisotopic (exact) mass is 323 g/mol. The van der Waals surface area contributed by atoms with Gasteiger partial charge < -0.3 is 15.0 Å². The molecule has 0 unspecified atom stereocenters. The largest absolute Gasteiger partial charge is 0.494 e. The Balaban J connectivity index is 1.72. The van der Waals surface area contributed by atoms with Crippen molar-refractivity contribution < 1.29 is 4.74 Å². The van der Waals surface area contributed by atoms with Crippen molar-refractivity contribution in [1.29, 1.82) is 5.26 Å². The Morgan fingerprint density at radius 3 is 2.50 bits per heavy atom. The highest BCUT2D eigenvalue weighted by Gasteiger charge is 1.98. The highest BCUT2D eigenvalue weighted by atomic mass is 16.5. The van der Waals surface area contributed by atoms with Crippen LogP contribution in [-0.2, 0) is 13.1 Å². The van der Waals surface area contributed by atoms with Crippen LogP contribution in [0.4, 0.5) is 0 Å². The van der Waals surface area contributed by atoms with Gasteiger partial charge in [0, 0.05) is 19.6 Å². The Kier molecular flexibility index (Phi) is 7.28. The van der Waals surface area contributed by atoms with Crippen LogP contribution >= 0.6 is 0 Å². The topological polar surface area (TPSA) is 48.3 Å². The van der Waals surface area contributed by atoms with E-state index in [0.717, 1.165) is 44.0 Å². The second kappa shape index (κ2) is 9.71. The molecule has 0 aliphatic carbocycles. The predicted molar refractivity (Wildman–Crippen MR) is 96.8 cm³/mol. The summed E-state index contributed by atoms with van der Waals surface area (Å²) in [6.07, 6.45) is 1.03. The zero-order valence-electron chi connectivity index (χ0n) is 14.5. The maximum absolute atomic E-state index is 8.91. The Morgan fingerprint density at radius 1 is 1.04 bits per heavy atom. The Hall–Kier alpha value is -2.35. The highest BCUT2D eigenvalue weighted by Crippen LogP contribution is 2.12. The van der Waals surface area contributed by atoms with Gasteiger partial charge in [-0.25, -0.2) is 0 Å². The summed E-state index contributed by atoms with van der Waals surface area (Å²) in [5.74, 6) is 0.916. The third-order valence-corrected chi connectivity index (χ3v) is 3.66. The van der Waals surface area contributed by atoms with E-state index >= 15 is 0 Å². The first-order valence-electron chi connectivity index (χ1n) is 8.23. The van der Waals surface area contributed by atoms with Crippen molar-refractivity contribution in [2.75, 3.05) is 27.2 Å². The van der Waals surface area contributed by atoms with Crippen LogP contribution in [0, 0.1) is 11.3 Å². The van der Waals surface area contributed by atoms with Gasteiger partial charge in [-0.2, -0.15) is 5.26 Å². The van der Waals surface area contributed by atoms with Gasteiger partial charge in [0.25, 0.3) is 0 Å². The van der Waals surface area contributed by atoms with E-state index in [1.165, 1.54) is 5.56 Å². The van der Waals surface area contributed by atoms with Gasteiger partial charge in [-0.1, -0.05) is 24.3 Å². The summed E-state index contributed by atoms with van der Waals surface area (Å²) >= 11 is 0. The summed E-state index contributed by atoms with van der Waals surface area (Å²) in [4.78, 5) is 2.16. The van der Waals surface area contributed by atoms with Gasteiger partial charge >= 0.3 is 0 Å².